The number of anilines is 1. The highest BCUT2D eigenvalue weighted by atomic mass is 15.2. The Labute approximate surface area is 113 Å². The highest BCUT2D eigenvalue weighted by Gasteiger charge is 2.44. The molecule has 2 nitrogen and oxygen atoms in total. The summed E-state index contributed by atoms with van der Waals surface area (Å²) in [6.45, 7) is 2.09. The minimum absolute atomic E-state index is 0.703. The Bertz CT molecular complexity index is 606. The Kier molecular flexibility index (Phi) is 2.39. The van der Waals surface area contributed by atoms with E-state index in [1.54, 1.807) is 0 Å². The molecule has 2 N–H and O–H groups in total. The van der Waals surface area contributed by atoms with Crippen LogP contribution in [0.25, 0.3) is 0 Å². The molecule has 96 valence electrons. The summed E-state index contributed by atoms with van der Waals surface area (Å²) in [5.74, 6) is 0.719. The zero-order chi connectivity index (χ0) is 12.8. The fourth-order valence-corrected chi connectivity index (χ4v) is 3.35. The van der Waals surface area contributed by atoms with Crippen LogP contribution in [-0.2, 0) is 13.1 Å². The maximum Gasteiger partial charge on any atom is 0.0363 e. The van der Waals surface area contributed by atoms with Crippen LogP contribution in [0.1, 0.15) is 29.0 Å². The van der Waals surface area contributed by atoms with Gasteiger partial charge in [-0.05, 0) is 29.2 Å². The van der Waals surface area contributed by atoms with Gasteiger partial charge >= 0.3 is 0 Å². The van der Waals surface area contributed by atoms with Gasteiger partial charge in [0.25, 0.3) is 0 Å². The van der Waals surface area contributed by atoms with Gasteiger partial charge in [0.1, 0.15) is 0 Å². The smallest absolute Gasteiger partial charge is 0.0363 e. The lowest BCUT2D eigenvalue weighted by Crippen LogP contribution is -2.20. The van der Waals surface area contributed by atoms with Crippen molar-refractivity contribution in [1.82, 2.24) is 4.90 Å². The average Bonchev–Trinajstić information content (AvgIpc) is 3.12. The number of fused-ring (bicyclic) bond motifs is 1. The highest BCUT2D eigenvalue weighted by molar-refractivity contribution is 5.52. The molecule has 2 unspecified atom stereocenters. The topological polar surface area (TPSA) is 29.3 Å². The van der Waals surface area contributed by atoms with Crippen LogP contribution in [0.2, 0.25) is 0 Å². The lowest BCUT2D eigenvalue weighted by atomic mass is 10.1. The summed E-state index contributed by atoms with van der Waals surface area (Å²) in [4.78, 5) is 2.58. The SMILES string of the molecule is Nc1cccc2c1CN(C1CC1c1ccccc1)C2. The van der Waals surface area contributed by atoms with Crippen molar-refractivity contribution in [3.63, 3.8) is 0 Å². The van der Waals surface area contributed by atoms with Gasteiger partial charge in [0, 0.05) is 30.7 Å². The van der Waals surface area contributed by atoms with Crippen molar-refractivity contribution < 1.29 is 0 Å². The minimum Gasteiger partial charge on any atom is -0.398 e. The van der Waals surface area contributed by atoms with Gasteiger partial charge in [0.15, 0.2) is 0 Å². The third-order valence-electron chi connectivity index (χ3n) is 4.50. The van der Waals surface area contributed by atoms with Crippen molar-refractivity contribution >= 4 is 5.69 Å². The van der Waals surface area contributed by atoms with Crippen LogP contribution >= 0.6 is 0 Å². The molecule has 0 bridgehead atoms. The summed E-state index contributed by atoms with van der Waals surface area (Å²) >= 11 is 0. The molecular formula is C17H18N2. The van der Waals surface area contributed by atoms with Crippen LogP contribution in [0.5, 0.6) is 0 Å². The average molecular weight is 250 g/mol. The van der Waals surface area contributed by atoms with Crippen LogP contribution in [0.4, 0.5) is 5.69 Å². The Morgan fingerprint density at radius 2 is 1.79 bits per heavy atom. The van der Waals surface area contributed by atoms with E-state index in [2.05, 4.69) is 47.4 Å². The molecule has 0 radical (unpaired) electrons. The molecule has 1 aliphatic carbocycles. The van der Waals surface area contributed by atoms with Gasteiger partial charge in [0.2, 0.25) is 0 Å². The molecule has 2 atom stereocenters. The zero-order valence-corrected chi connectivity index (χ0v) is 10.9. The number of nitrogens with two attached hydrogens (primary N) is 1. The van der Waals surface area contributed by atoms with Gasteiger partial charge in [0.05, 0.1) is 0 Å². The van der Waals surface area contributed by atoms with Gasteiger partial charge in [-0.2, -0.15) is 0 Å². The summed E-state index contributed by atoms with van der Waals surface area (Å²) in [6, 6.07) is 17.9. The Hall–Kier alpha value is -1.80. The Morgan fingerprint density at radius 3 is 2.58 bits per heavy atom. The van der Waals surface area contributed by atoms with Crippen LogP contribution in [0.3, 0.4) is 0 Å². The first-order chi connectivity index (χ1) is 9.33. The van der Waals surface area contributed by atoms with E-state index in [0.29, 0.717) is 6.04 Å². The second-order valence-electron chi connectivity index (χ2n) is 5.71. The first-order valence-corrected chi connectivity index (χ1v) is 6.98. The maximum absolute atomic E-state index is 6.07. The fourth-order valence-electron chi connectivity index (χ4n) is 3.35. The van der Waals surface area contributed by atoms with Crippen molar-refractivity contribution in [3.05, 3.63) is 65.2 Å². The maximum atomic E-state index is 6.07. The molecule has 1 heterocycles. The van der Waals surface area contributed by atoms with Gasteiger partial charge in [-0.15, -0.1) is 0 Å². The molecule has 0 aromatic heterocycles. The van der Waals surface area contributed by atoms with Crippen LogP contribution in [0.15, 0.2) is 48.5 Å². The van der Waals surface area contributed by atoms with Crippen LogP contribution < -0.4 is 5.73 Å². The van der Waals surface area contributed by atoms with E-state index in [1.165, 1.54) is 23.1 Å². The predicted octanol–water partition coefficient (Wildman–Crippen LogP) is 3.14. The van der Waals surface area contributed by atoms with E-state index in [4.69, 9.17) is 5.73 Å². The van der Waals surface area contributed by atoms with E-state index in [9.17, 15) is 0 Å². The van der Waals surface area contributed by atoms with Crippen molar-refractivity contribution in [2.75, 3.05) is 5.73 Å². The third kappa shape index (κ3) is 1.83. The second-order valence-corrected chi connectivity index (χ2v) is 5.71. The van der Waals surface area contributed by atoms with Crippen molar-refractivity contribution in [1.29, 1.82) is 0 Å². The van der Waals surface area contributed by atoms with E-state index in [1.807, 2.05) is 6.07 Å². The molecule has 2 aromatic carbocycles. The Morgan fingerprint density at radius 1 is 0.947 bits per heavy atom. The molecular weight excluding hydrogens is 232 g/mol. The van der Waals surface area contributed by atoms with Crippen molar-refractivity contribution in [2.45, 2.75) is 31.5 Å². The standard InChI is InChI=1S/C17H18N2/c18-16-8-4-7-13-10-19(11-15(13)16)17-9-14(17)12-5-2-1-3-6-12/h1-8,14,17H,9-11,18H2. The van der Waals surface area contributed by atoms with Gasteiger partial charge in [-0.1, -0.05) is 42.5 Å². The summed E-state index contributed by atoms with van der Waals surface area (Å²) in [5.41, 5.74) is 11.3. The molecule has 2 heteroatoms. The molecule has 1 fully saturated rings. The van der Waals surface area contributed by atoms with Crippen LogP contribution in [-0.4, -0.2) is 10.9 Å². The zero-order valence-electron chi connectivity index (χ0n) is 10.9. The van der Waals surface area contributed by atoms with Gasteiger partial charge < -0.3 is 5.73 Å². The Balaban J connectivity index is 1.52. The summed E-state index contributed by atoms with van der Waals surface area (Å²) in [5, 5.41) is 0. The first-order valence-electron chi connectivity index (χ1n) is 6.98. The largest absolute Gasteiger partial charge is 0.398 e. The number of nitrogen functional groups attached to an aromatic ring is 1. The van der Waals surface area contributed by atoms with Gasteiger partial charge in [-0.25, -0.2) is 0 Å². The molecule has 0 saturated heterocycles. The monoisotopic (exact) mass is 250 g/mol. The van der Waals surface area contributed by atoms with Crippen LogP contribution in [0, 0.1) is 0 Å². The summed E-state index contributed by atoms with van der Waals surface area (Å²) in [7, 11) is 0. The number of hydrogen-bond donors (Lipinski definition) is 1. The van der Waals surface area contributed by atoms with E-state index < -0.39 is 0 Å². The normalized spacial score (nSPS) is 25.3. The molecule has 19 heavy (non-hydrogen) atoms. The number of rotatable bonds is 2. The predicted molar refractivity (Wildman–Crippen MR) is 77.7 cm³/mol. The van der Waals surface area contributed by atoms with E-state index in [-0.39, 0.29) is 0 Å². The fraction of sp³-hybridized carbons (Fsp3) is 0.294. The molecule has 0 amide bonds. The van der Waals surface area contributed by atoms with Crippen molar-refractivity contribution in [3.8, 4) is 0 Å². The summed E-state index contributed by atoms with van der Waals surface area (Å²) in [6.07, 6.45) is 1.29. The van der Waals surface area contributed by atoms with E-state index in [0.717, 1.165) is 24.7 Å². The lowest BCUT2D eigenvalue weighted by Gasteiger charge is -2.14. The minimum atomic E-state index is 0.703. The molecule has 0 spiro atoms. The van der Waals surface area contributed by atoms with Crippen molar-refractivity contribution in [2.24, 2.45) is 0 Å². The van der Waals surface area contributed by atoms with E-state index >= 15 is 0 Å². The molecule has 4 rings (SSSR count). The third-order valence-corrected chi connectivity index (χ3v) is 4.50. The summed E-state index contributed by atoms with van der Waals surface area (Å²) < 4.78 is 0. The molecule has 2 aromatic rings. The molecule has 1 saturated carbocycles. The number of nitrogens with zero attached hydrogens (tertiary/aromatic N) is 1. The number of hydrogen-bond acceptors (Lipinski definition) is 2. The number of benzene rings is 2. The molecule has 2 aliphatic rings. The van der Waals surface area contributed by atoms with Gasteiger partial charge in [-0.3, -0.25) is 4.90 Å². The molecule has 1 aliphatic heterocycles. The highest BCUT2D eigenvalue weighted by Crippen LogP contribution is 2.47. The lowest BCUT2D eigenvalue weighted by molar-refractivity contribution is 0.268. The first kappa shape index (κ1) is 11.1. The quantitative estimate of drug-likeness (QED) is 0.830. The second kappa shape index (κ2) is 4.10.